The molecule has 0 amide bonds. The molecule has 0 aliphatic carbocycles. The molecule has 0 aromatic heterocycles. The largest absolute Gasteiger partial charge is 0.512 e. The van der Waals surface area contributed by atoms with Crippen molar-refractivity contribution in [2.45, 2.75) is 54.4 Å². The van der Waals surface area contributed by atoms with Crippen LogP contribution in [0.2, 0.25) is 0 Å². The number of aliphatic hydroxyl groups is 1. The Morgan fingerprint density at radius 2 is 1.66 bits per heavy atom. The number of rotatable bonds is 6. The standard InChI is InChI=1S/C18H14.C11H20O2.Ir/c1-13-10-14(2)12-16(11-13)18-9-5-7-15-6-3-4-8-17(15)18;1-8(2)5-10(12)7-11(13)6-9(3)4;/h3-8,10-11H,1-2H3;7-9,12H,5-6H2,1-4H3;/q-2;;/b;10-7-;. The van der Waals surface area contributed by atoms with E-state index in [0.717, 1.165) is 11.1 Å². The summed E-state index contributed by atoms with van der Waals surface area (Å²) in [6.07, 6.45) is 2.46. The van der Waals surface area contributed by atoms with Crippen LogP contribution in [-0.2, 0) is 24.9 Å². The number of carbonyl (C=O) groups is 1. The molecule has 0 aliphatic rings. The Balaban J connectivity index is 0.000000330. The second-order valence-electron chi connectivity index (χ2n) is 8.99. The summed E-state index contributed by atoms with van der Waals surface area (Å²) in [7, 11) is 0. The second kappa shape index (κ2) is 13.4. The molecule has 32 heavy (non-hydrogen) atoms. The molecule has 2 nitrogen and oxygen atoms in total. The zero-order valence-corrected chi connectivity index (χ0v) is 22.3. The summed E-state index contributed by atoms with van der Waals surface area (Å²) >= 11 is 0. The van der Waals surface area contributed by atoms with E-state index in [0.29, 0.717) is 24.7 Å². The number of aryl methyl sites for hydroxylation is 2. The molecule has 173 valence electrons. The number of hydrogen-bond donors (Lipinski definition) is 1. The molecular weight excluding hydrogens is 573 g/mol. The molecule has 3 heteroatoms. The summed E-state index contributed by atoms with van der Waals surface area (Å²) in [5, 5.41) is 11.8. The Hall–Kier alpha value is -2.22. The normalized spacial score (nSPS) is 11.2. The fraction of sp³-hybridized carbons (Fsp3) is 0.345. The first-order valence-corrected chi connectivity index (χ1v) is 11.0. The maximum Gasteiger partial charge on any atom is 0.159 e. The number of hydrogen-bond acceptors (Lipinski definition) is 2. The van der Waals surface area contributed by atoms with Gasteiger partial charge in [-0.2, -0.15) is 24.3 Å². The van der Waals surface area contributed by atoms with E-state index in [-0.39, 0.29) is 31.6 Å². The zero-order chi connectivity index (χ0) is 23.0. The molecule has 0 saturated carbocycles. The van der Waals surface area contributed by atoms with Crippen LogP contribution in [0.25, 0.3) is 21.9 Å². The number of ketones is 1. The van der Waals surface area contributed by atoms with Gasteiger partial charge in [0, 0.05) is 39.0 Å². The molecule has 0 unspecified atom stereocenters. The molecule has 0 aliphatic heterocycles. The smallest absolute Gasteiger partial charge is 0.159 e. The molecule has 1 radical (unpaired) electrons. The monoisotopic (exact) mass is 607 g/mol. The molecule has 0 saturated heterocycles. The molecule has 0 bridgehead atoms. The van der Waals surface area contributed by atoms with Gasteiger partial charge in [0.15, 0.2) is 5.78 Å². The minimum atomic E-state index is 0. The van der Waals surface area contributed by atoms with E-state index >= 15 is 0 Å². The van der Waals surface area contributed by atoms with E-state index in [9.17, 15) is 9.90 Å². The van der Waals surface area contributed by atoms with Crippen molar-refractivity contribution in [3.8, 4) is 11.1 Å². The predicted octanol–water partition coefficient (Wildman–Crippen LogP) is 7.81. The van der Waals surface area contributed by atoms with Crippen molar-refractivity contribution in [3.63, 3.8) is 0 Å². The quantitative estimate of drug-likeness (QED) is 0.177. The van der Waals surface area contributed by atoms with Crippen LogP contribution >= 0.6 is 0 Å². The fourth-order valence-corrected chi connectivity index (χ4v) is 3.54. The summed E-state index contributed by atoms with van der Waals surface area (Å²) in [5.41, 5.74) is 4.71. The van der Waals surface area contributed by atoms with Crippen LogP contribution in [-0.4, -0.2) is 10.9 Å². The third-order valence-corrected chi connectivity index (χ3v) is 4.69. The number of fused-ring (bicyclic) bond motifs is 1. The molecular formula is C29H34IrO2-2. The number of aliphatic hydroxyl groups excluding tert-OH is 1. The first-order valence-electron chi connectivity index (χ1n) is 11.0. The van der Waals surface area contributed by atoms with Crippen molar-refractivity contribution in [1.82, 2.24) is 0 Å². The summed E-state index contributed by atoms with van der Waals surface area (Å²) in [4.78, 5) is 11.2. The van der Waals surface area contributed by atoms with E-state index < -0.39 is 0 Å². The molecule has 0 fully saturated rings. The topological polar surface area (TPSA) is 37.3 Å². The summed E-state index contributed by atoms with van der Waals surface area (Å²) in [6, 6.07) is 23.6. The van der Waals surface area contributed by atoms with Gasteiger partial charge in [0.2, 0.25) is 0 Å². The van der Waals surface area contributed by atoms with Gasteiger partial charge in [0.05, 0.1) is 5.76 Å². The molecule has 3 aromatic rings. The SMILES string of the molecule is CC(C)CC(=O)/C=C(\O)CC(C)C.Cc1[c-]c(-c2[c-]ccc3ccccc23)cc(C)c1.[Ir]. The number of allylic oxidation sites excluding steroid dienone is 2. The van der Waals surface area contributed by atoms with Gasteiger partial charge in [0.1, 0.15) is 0 Å². The summed E-state index contributed by atoms with van der Waals surface area (Å²) < 4.78 is 0. The van der Waals surface area contributed by atoms with E-state index in [1.165, 1.54) is 28.0 Å². The maximum atomic E-state index is 11.2. The van der Waals surface area contributed by atoms with Gasteiger partial charge < -0.3 is 5.11 Å². The van der Waals surface area contributed by atoms with E-state index in [1.807, 2.05) is 33.8 Å². The van der Waals surface area contributed by atoms with Crippen molar-refractivity contribution in [2.75, 3.05) is 0 Å². The molecule has 0 heterocycles. The van der Waals surface area contributed by atoms with Crippen molar-refractivity contribution < 1.29 is 30.0 Å². The van der Waals surface area contributed by atoms with Crippen LogP contribution in [0.4, 0.5) is 0 Å². The minimum absolute atomic E-state index is 0. The van der Waals surface area contributed by atoms with Crippen molar-refractivity contribution >= 4 is 16.6 Å². The van der Waals surface area contributed by atoms with Gasteiger partial charge in [-0.25, -0.2) is 11.1 Å². The van der Waals surface area contributed by atoms with Crippen molar-refractivity contribution in [3.05, 3.63) is 83.6 Å². The van der Waals surface area contributed by atoms with Gasteiger partial charge in [0.25, 0.3) is 0 Å². The van der Waals surface area contributed by atoms with Crippen LogP contribution in [0.5, 0.6) is 0 Å². The summed E-state index contributed by atoms with van der Waals surface area (Å²) in [5.74, 6) is 0.979. The maximum absolute atomic E-state index is 11.2. The van der Waals surface area contributed by atoms with Gasteiger partial charge in [-0.15, -0.1) is 40.1 Å². The molecule has 0 spiro atoms. The van der Waals surface area contributed by atoms with Crippen molar-refractivity contribution in [1.29, 1.82) is 0 Å². The van der Waals surface area contributed by atoms with Gasteiger partial charge in [-0.05, 0) is 11.8 Å². The molecule has 3 aromatic carbocycles. The minimum Gasteiger partial charge on any atom is -0.512 e. The van der Waals surface area contributed by atoms with E-state index in [1.54, 1.807) is 0 Å². The first kappa shape index (κ1) is 27.8. The van der Waals surface area contributed by atoms with Crippen LogP contribution in [0, 0.1) is 37.8 Å². The number of carbonyl (C=O) groups excluding carboxylic acids is 1. The zero-order valence-electron chi connectivity index (χ0n) is 20.0. The van der Waals surface area contributed by atoms with Crippen LogP contribution in [0.15, 0.2) is 60.4 Å². The Morgan fingerprint density at radius 3 is 2.28 bits per heavy atom. The van der Waals surface area contributed by atoms with Crippen LogP contribution in [0.3, 0.4) is 0 Å². The third-order valence-electron chi connectivity index (χ3n) is 4.69. The fourth-order valence-electron chi connectivity index (χ4n) is 3.54. The second-order valence-corrected chi connectivity index (χ2v) is 8.99. The Bertz CT molecular complexity index is 1020. The van der Waals surface area contributed by atoms with Crippen molar-refractivity contribution in [2.24, 2.45) is 11.8 Å². The first-order chi connectivity index (χ1) is 14.7. The third kappa shape index (κ3) is 9.10. The van der Waals surface area contributed by atoms with Crippen LogP contribution in [0.1, 0.15) is 51.7 Å². The molecule has 1 N–H and O–H groups in total. The average Bonchev–Trinajstić information content (AvgIpc) is 2.65. The van der Waals surface area contributed by atoms with Gasteiger partial charge >= 0.3 is 0 Å². The summed E-state index contributed by atoms with van der Waals surface area (Å²) in [6.45, 7) is 12.2. The molecule has 0 atom stereocenters. The Morgan fingerprint density at radius 1 is 1.00 bits per heavy atom. The Labute approximate surface area is 207 Å². The van der Waals surface area contributed by atoms with E-state index in [2.05, 4.69) is 68.4 Å². The predicted molar refractivity (Wildman–Crippen MR) is 131 cm³/mol. The van der Waals surface area contributed by atoms with Crippen LogP contribution < -0.4 is 0 Å². The average molecular weight is 607 g/mol. The molecule has 3 rings (SSSR count). The number of benzene rings is 3. The van der Waals surface area contributed by atoms with Gasteiger partial charge in [-0.1, -0.05) is 59.7 Å². The van der Waals surface area contributed by atoms with E-state index in [4.69, 9.17) is 0 Å². The Kier molecular flexibility index (Phi) is 11.6. The van der Waals surface area contributed by atoms with Gasteiger partial charge in [-0.3, -0.25) is 4.79 Å².